The predicted octanol–water partition coefficient (Wildman–Crippen LogP) is 3.88. The van der Waals surface area contributed by atoms with E-state index in [9.17, 15) is 18.4 Å². The normalized spacial score (nSPS) is 15.0. The number of anilines is 2. The number of aromatic nitrogens is 4. The molecule has 0 saturated heterocycles. The molecule has 0 spiro atoms. The maximum absolute atomic E-state index is 13.9. The molecule has 1 aliphatic rings. The number of hydrogen-bond donors (Lipinski definition) is 2. The third-order valence-electron chi connectivity index (χ3n) is 5.63. The summed E-state index contributed by atoms with van der Waals surface area (Å²) in [5, 5.41) is 9.54. The van der Waals surface area contributed by atoms with Gasteiger partial charge in [-0.2, -0.15) is 9.49 Å². The van der Waals surface area contributed by atoms with Crippen LogP contribution in [0.4, 0.5) is 25.1 Å². The van der Waals surface area contributed by atoms with Gasteiger partial charge in [0.2, 0.25) is 11.9 Å². The van der Waals surface area contributed by atoms with Gasteiger partial charge in [-0.1, -0.05) is 0 Å². The molecule has 182 valence electrons. The maximum Gasteiger partial charge on any atom is 0.413 e. The van der Waals surface area contributed by atoms with Crippen LogP contribution in [-0.4, -0.2) is 45.0 Å². The Balaban J connectivity index is 1.45. The predicted molar refractivity (Wildman–Crippen MR) is 124 cm³/mol. The molecule has 4 rings (SSSR count). The van der Waals surface area contributed by atoms with Crippen molar-refractivity contribution >= 4 is 29.7 Å². The molecule has 0 aromatic carbocycles. The zero-order valence-corrected chi connectivity index (χ0v) is 19.2. The largest absolute Gasteiger partial charge is 0.441 e. The van der Waals surface area contributed by atoms with Crippen molar-refractivity contribution in [1.82, 2.24) is 19.7 Å². The van der Waals surface area contributed by atoms with E-state index in [1.165, 1.54) is 24.0 Å². The minimum absolute atomic E-state index is 0.136. The van der Waals surface area contributed by atoms with Gasteiger partial charge in [0, 0.05) is 20.3 Å². The number of ether oxygens (including phenoxy) is 1. The van der Waals surface area contributed by atoms with Crippen molar-refractivity contribution in [1.29, 1.82) is 0 Å². The summed E-state index contributed by atoms with van der Waals surface area (Å²) in [6.45, 7) is 1.40. The summed E-state index contributed by atoms with van der Waals surface area (Å²) in [4.78, 5) is 36.6. The Morgan fingerprint density at radius 3 is 2.63 bits per heavy atom. The summed E-state index contributed by atoms with van der Waals surface area (Å²) in [6, 6.07) is 4.28. The summed E-state index contributed by atoms with van der Waals surface area (Å²) in [5.74, 6) is -1.54. The molecule has 0 radical (unpaired) electrons. The number of aliphatic imine (C=N–C) groups is 1. The lowest BCUT2D eigenvalue weighted by atomic mass is 10.1. The molecular formula is C23H23F2N7O3. The fourth-order valence-electron chi connectivity index (χ4n) is 3.53. The Morgan fingerprint density at radius 1 is 1.20 bits per heavy atom. The molecule has 2 N–H and O–H groups in total. The Bertz CT molecular complexity index is 1290. The highest BCUT2D eigenvalue weighted by Crippen LogP contribution is 2.44. The van der Waals surface area contributed by atoms with Crippen molar-refractivity contribution in [2.75, 3.05) is 17.7 Å². The van der Waals surface area contributed by atoms with Crippen molar-refractivity contribution in [3.05, 3.63) is 54.1 Å². The van der Waals surface area contributed by atoms with Crippen LogP contribution in [0.2, 0.25) is 0 Å². The van der Waals surface area contributed by atoms with Gasteiger partial charge >= 0.3 is 6.09 Å². The van der Waals surface area contributed by atoms with Crippen molar-refractivity contribution < 1.29 is 23.1 Å². The maximum atomic E-state index is 13.9. The summed E-state index contributed by atoms with van der Waals surface area (Å²) < 4.78 is 33.9. The number of halogens is 2. The average Bonchev–Trinajstić information content (AvgIpc) is 3.53. The van der Waals surface area contributed by atoms with E-state index in [2.05, 4.69) is 30.7 Å². The molecule has 0 bridgehead atoms. The fourth-order valence-corrected chi connectivity index (χ4v) is 3.53. The molecule has 1 fully saturated rings. The first-order valence-electron chi connectivity index (χ1n) is 10.7. The summed E-state index contributed by atoms with van der Waals surface area (Å²) in [6.07, 6.45) is 4.92. The number of amides is 2. The highest BCUT2D eigenvalue weighted by Gasteiger charge is 2.48. The second-order valence-electron chi connectivity index (χ2n) is 8.17. The monoisotopic (exact) mass is 483 g/mol. The fraction of sp³-hybridized carbons (Fsp3) is 0.304. The van der Waals surface area contributed by atoms with Crippen molar-refractivity contribution in [2.24, 2.45) is 17.5 Å². The van der Waals surface area contributed by atoms with Gasteiger partial charge < -0.3 is 10.1 Å². The molecule has 3 aromatic rings. The van der Waals surface area contributed by atoms with E-state index in [4.69, 9.17) is 4.74 Å². The smallest absolute Gasteiger partial charge is 0.413 e. The van der Waals surface area contributed by atoms with Crippen LogP contribution in [0.1, 0.15) is 31.4 Å². The molecule has 3 aromatic heterocycles. The van der Waals surface area contributed by atoms with Crippen LogP contribution in [0.5, 0.6) is 0 Å². The van der Waals surface area contributed by atoms with Crippen LogP contribution >= 0.6 is 0 Å². The lowest BCUT2D eigenvalue weighted by Gasteiger charge is -2.15. The molecule has 10 nitrogen and oxygen atoms in total. The van der Waals surface area contributed by atoms with Crippen LogP contribution in [-0.2, 0) is 16.6 Å². The first-order valence-corrected chi connectivity index (χ1v) is 10.7. The van der Waals surface area contributed by atoms with E-state index in [1.807, 2.05) is 0 Å². The van der Waals surface area contributed by atoms with Crippen LogP contribution < -0.4 is 10.6 Å². The topological polar surface area (TPSA) is 123 Å². The van der Waals surface area contributed by atoms with E-state index < -0.39 is 29.4 Å². The molecule has 35 heavy (non-hydrogen) atoms. The van der Waals surface area contributed by atoms with Gasteiger partial charge in [-0.25, -0.2) is 14.2 Å². The number of nitrogens with one attached hydrogen (secondary N) is 2. The summed E-state index contributed by atoms with van der Waals surface area (Å²) in [5.41, 5.74) is 0.756. The van der Waals surface area contributed by atoms with E-state index in [0.717, 1.165) is 25.1 Å². The third kappa shape index (κ3) is 5.15. The van der Waals surface area contributed by atoms with Gasteiger partial charge in [-0.05, 0) is 38.0 Å². The van der Waals surface area contributed by atoms with Gasteiger partial charge in [0.15, 0.2) is 0 Å². The van der Waals surface area contributed by atoms with Crippen LogP contribution in [0.15, 0.2) is 41.8 Å². The molecule has 1 saturated carbocycles. The first kappa shape index (κ1) is 23.9. The zero-order valence-electron chi connectivity index (χ0n) is 19.2. The second-order valence-corrected chi connectivity index (χ2v) is 8.17. The third-order valence-corrected chi connectivity index (χ3v) is 5.63. The molecule has 0 unspecified atom stereocenters. The van der Waals surface area contributed by atoms with Crippen LogP contribution in [0.3, 0.4) is 0 Å². The average molecular weight is 483 g/mol. The van der Waals surface area contributed by atoms with Gasteiger partial charge in [-0.15, -0.1) is 0 Å². The highest BCUT2D eigenvalue weighted by atomic mass is 19.1. The lowest BCUT2D eigenvalue weighted by molar-refractivity contribution is -0.118. The van der Waals surface area contributed by atoms with E-state index >= 15 is 0 Å². The minimum atomic E-state index is -1.09. The van der Waals surface area contributed by atoms with E-state index in [0.29, 0.717) is 16.9 Å². The summed E-state index contributed by atoms with van der Waals surface area (Å²) in [7, 11) is 3.24. The van der Waals surface area contributed by atoms with Crippen LogP contribution in [0.25, 0.3) is 11.3 Å². The highest BCUT2D eigenvalue weighted by molar-refractivity contribution is 6.08. The number of aryl methyl sites for hydroxylation is 1. The zero-order chi connectivity index (χ0) is 25.2. The quantitative estimate of drug-likeness (QED) is 0.388. The standard InChI is InChI=1S/C23H23F2N7O3/c1-13(16-8-14(24)9-28-19(16)25)35-22(34)31-20-17(11-29-32(20)3)18-5-4-15(10-27-18)30-21(33)23(6-7-23)12-26-2/h4-5,8-13H,6-7H2,1-3H3,(H,30,33)(H,31,34)/b26-12-/t13-/m1/s1. The Morgan fingerprint density at radius 2 is 1.97 bits per heavy atom. The van der Waals surface area contributed by atoms with E-state index in [-0.39, 0.29) is 17.3 Å². The molecule has 2 amide bonds. The number of pyridine rings is 2. The molecular weight excluding hydrogens is 460 g/mol. The SMILES string of the molecule is C/N=C\C1(C(=O)Nc2ccc(-c3cnn(C)c3NC(=O)O[C@H](C)c3cc(F)cnc3F)nc2)CC1. The number of rotatable bonds is 7. The van der Waals surface area contributed by atoms with Crippen molar-refractivity contribution in [3.63, 3.8) is 0 Å². The Labute approximate surface area is 199 Å². The van der Waals surface area contributed by atoms with Gasteiger partial charge in [-0.3, -0.25) is 24.8 Å². The number of hydrogen-bond acceptors (Lipinski definition) is 7. The molecule has 1 atom stereocenters. The molecule has 3 heterocycles. The van der Waals surface area contributed by atoms with E-state index in [1.54, 1.807) is 32.4 Å². The summed E-state index contributed by atoms with van der Waals surface area (Å²) >= 11 is 0. The second kappa shape index (κ2) is 9.57. The Kier molecular flexibility index (Phi) is 6.54. The van der Waals surface area contributed by atoms with Crippen molar-refractivity contribution in [3.8, 4) is 11.3 Å². The number of carbonyl (C=O) groups is 2. The number of carbonyl (C=O) groups excluding carboxylic acids is 2. The van der Waals surface area contributed by atoms with Gasteiger partial charge in [0.05, 0.1) is 46.5 Å². The Hall–Kier alpha value is -4.22. The van der Waals surface area contributed by atoms with Crippen molar-refractivity contribution in [2.45, 2.75) is 25.9 Å². The minimum Gasteiger partial charge on any atom is -0.441 e. The number of nitrogens with zero attached hydrogens (tertiary/aromatic N) is 5. The molecule has 0 aliphatic heterocycles. The molecule has 12 heteroatoms. The lowest BCUT2D eigenvalue weighted by Crippen LogP contribution is -2.25. The van der Waals surface area contributed by atoms with Crippen LogP contribution in [0, 0.1) is 17.2 Å². The van der Waals surface area contributed by atoms with Gasteiger partial charge in [0.1, 0.15) is 17.7 Å². The van der Waals surface area contributed by atoms with Gasteiger partial charge in [0.25, 0.3) is 0 Å². The first-order chi connectivity index (χ1) is 16.7. The molecule has 1 aliphatic carbocycles.